The quantitative estimate of drug-likeness (QED) is 0.775. The van der Waals surface area contributed by atoms with E-state index in [0.29, 0.717) is 18.4 Å². The molecule has 1 aromatic carbocycles. The van der Waals surface area contributed by atoms with Crippen molar-refractivity contribution >= 4 is 11.9 Å². The molecular formula is C15H19NO4. The fourth-order valence-electron chi connectivity index (χ4n) is 2.55. The summed E-state index contributed by atoms with van der Waals surface area (Å²) in [6, 6.07) is 6.62. The first-order valence-corrected chi connectivity index (χ1v) is 6.85. The number of hydrogen-bond acceptors (Lipinski definition) is 3. The number of amides is 1. The summed E-state index contributed by atoms with van der Waals surface area (Å²) in [6.45, 7) is 0. The van der Waals surface area contributed by atoms with E-state index < -0.39 is 5.97 Å². The maximum atomic E-state index is 12.0. The predicted octanol–water partition coefficient (Wildman–Crippen LogP) is 1.35. The minimum atomic E-state index is -1.02. The highest BCUT2D eigenvalue weighted by Crippen LogP contribution is 2.18. The molecule has 0 unspecified atom stereocenters. The molecule has 0 bridgehead atoms. The van der Waals surface area contributed by atoms with Crippen LogP contribution in [0.25, 0.3) is 0 Å². The molecule has 0 radical (unpaired) electrons. The topological polar surface area (TPSA) is 86.6 Å². The van der Waals surface area contributed by atoms with Crippen LogP contribution in [0.5, 0.6) is 0 Å². The maximum absolute atomic E-state index is 12.0. The van der Waals surface area contributed by atoms with Crippen LogP contribution in [0.1, 0.15) is 41.6 Å². The van der Waals surface area contributed by atoms with Gasteiger partial charge in [0.1, 0.15) is 0 Å². The highest BCUT2D eigenvalue weighted by atomic mass is 16.4. The van der Waals surface area contributed by atoms with Crippen LogP contribution < -0.4 is 5.32 Å². The lowest BCUT2D eigenvalue weighted by Gasteiger charge is -2.26. The molecule has 0 aromatic heterocycles. The lowest BCUT2D eigenvalue weighted by atomic mass is 9.93. The molecule has 0 atom stereocenters. The predicted molar refractivity (Wildman–Crippen MR) is 73.5 cm³/mol. The third-order valence-corrected chi connectivity index (χ3v) is 3.66. The molecule has 0 saturated heterocycles. The number of rotatable bonds is 4. The first kappa shape index (κ1) is 14.5. The Bertz CT molecular complexity index is 492. The van der Waals surface area contributed by atoms with E-state index >= 15 is 0 Å². The second kappa shape index (κ2) is 6.52. The number of aromatic carboxylic acids is 1. The monoisotopic (exact) mass is 277 g/mol. The number of benzene rings is 1. The van der Waals surface area contributed by atoms with Gasteiger partial charge >= 0.3 is 5.97 Å². The van der Waals surface area contributed by atoms with E-state index in [0.717, 1.165) is 12.8 Å². The molecule has 5 nitrogen and oxygen atoms in total. The van der Waals surface area contributed by atoms with Gasteiger partial charge in [-0.2, -0.15) is 0 Å². The average Bonchev–Trinajstić information content (AvgIpc) is 2.41. The van der Waals surface area contributed by atoms with Gasteiger partial charge in [-0.25, -0.2) is 4.79 Å². The Morgan fingerprint density at radius 1 is 1.15 bits per heavy atom. The van der Waals surface area contributed by atoms with Gasteiger partial charge in [0.15, 0.2) is 0 Å². The molecule has 1 fully saturated rings. The lowest BCUT2D eigenvalue weighted by molar-refractivity contribution is -0.121. The van der Waals surface area contributed by atoms with Crippen molar-refractivity contribution in [3.63, 3.8) is 0 Å². The van der Waals surface area contributed by atoms with Gasteiger partial charge in [-0.15, -0.1) is 0 Å². The van der Waals surface area contributed by atoms with Crippen molar-refractivity contribution in [2.75, 3.05) is 0 Å². The first-order valence-electron chi connectivity index (χ1n) is 6.85. The van der Waals surface area contributed by atoms with Crippen molar-refractivity contribution in [2.45, 2.75) is 44.2 Å². The molecule has 1 aromatic rings. The van der Waals surface area contributed by atoms with Gasteiger partial charge in [0, 0.05) is 6.04 Å². The Hall–Kier alpha value is -1.88. The van der Waals surface area contributed by atoms with E-state index in [1.807, 2.05) is 0 Å². The van der Waals surface area contributed by atoms with Crippen molar-refractivity contribution in [1.82, 2.24) is 5.32 Å². The third-order valence-electron chi connectivity index (χ3n) is 3.66. The summed E-state index contributed by atoms with van der Waals surface area (Å²) in [4.78, 5) is 23.0. The summed E-state index contributed by atoms with van der Waals surface area (Å²) in [6.07, 6.45) is 2.77. The Balaban J connectivity index is 1.93. The van der Waals surface area contributed by atoms with E-state index in [1.165, 1.54) is 6.07 Å². The number of carbonyl (C=O) groups is 2. The van der Waals surface area contributed by atoms with Crippen LogP contribution in [0.2, 0.25) is 0 Å². The molecule has 20 heavy (non-hydrogen) atoms. The molecule has 1 aliphatic rings. The van der Waals surface area contributed by atoms with Crippen molar-refractivity contribution in [1.29, 1.82) is 0 Å². The highest BCUT2D eigenvalue weighted by Gasteiger charge is 2.21. The van der Waals surface area contributed by atoms with E-state index in [4.69, 9.17) is 5.11 Å². The van der Waals surface area contributed by atoms with Crippen LogP contribution in [0, 0.1) is 0 Å². The normalized spacial score (nSPS) is 22.2. The van der Waals surface area contributed by atoms with Gasteiger partial charge in [0.05, 0.1) is 18.1 Å². The minimum absolute atomic E-state index is 0.0710. The van der Waals surface area contributed by atoms with E-state index in [2.05, 4.69) is 5.32 Å². The van der Waals surface area contributed by atoms with Gasteiger partial charge in [-0.05, 0) is 37.3 Å². The van der Waals surface area contributed by atoms with Crippen LogP contribution in [-0.4, -0.2) is 34.2 Å². The molecule has 1 amide bonds. The molecule has 1 aliphatic carbocycles. The van der Waals surface area contributed by atoms with Gasteiger partial charge < -0.3 is 15.5 Å². The van der Waals surface area contributed by atoms with Gasteiger partial charge in [-0.3, -0.25) is 4.79 Å². The number of aliphatic hydroxyl groups excluding tert-OH is 1. The number of carboxylic acid groups (broad SMARTS) is 1. The highest BCUT2D eigenvalue weighted by molar-refractivity contribution is 5.91. The summed E-state index contributed by atoms with van der Waals surface area (Å²) in [5, 5.41) is 21.4. The van der Waals surface area contributed by atoms with E-state index in [1.54, 1.807) is 18.2 Å². The van der Waals surface area contributed by atoms with Gasteiger partial charge in [-0.1, -0.05) is 18.2 Å². The summed E-state index contributed by atoms with van der Waals surface area (Å²) in [5.41, 5.74) is 0.690. The Kier molecular flexibility index (Phi) is 4.74. The molecule has 0 spiro atoms. The lowest BCUT2D eigenvalue weighted by Crippen LogP contribution is -2.39. The fourth-order valence-corrected chi connectivity index (χ4v) is 2.55. The zero-order chi connectivity index (χ0) is 14.5. The van der Waals surface area contributed by atoms with E-state index in [-0.39, 0.29) is 30.0 Å². The molecule has 2 rings (SSSR count). The standard InChI is InChI=1S/C15H19NO4/c17-12-7-5-11(6-8-12)16-14(18)9-10-3-1-2-4-13(10)15(19)20/h1-4,11-12,17H,5-9H2,(H,16,18)(H,19,20). The van der Waals surface area contributed by atoms with Crippen molar-refractivity contribution < 1.29 is 19.8 Å². The molecule has 108 valence electrons. The number of hydrogen-bond donors (Lipinski definition) is 3. The van der Waals surface area contributed by atoms with Crippen LogP contribution >= 0.6 is 0 Å². The third kappa shape index (κ3) is 3.81. The van der Waals surface area contributed by atoms with Crippen LogP contribution in [0.4, 0.5) is 0 Å². The van der Waals surface area contributed by atoms with Gasteiger partial charge in [0.2, 0.25) is 5.91 Å². The number of carboxylic acids is 1. The SMILES string of the molecule is O=C(Cc1ccccc1C(=O)O)NC1CCC(O)CC1. The summed E-state index contributed by atoms with van der Waals surface area (Å²) < 4.78 is 0. The van der Waals surface area contributed by atoms with E-state index in [9.17, 15) is 14.7 Å². The van der Waals surface area contributed by atoms with Crippen LogP contribution in [0.15, 0.2) is 24.3 Å². The maximum Gasteiger partial charge on any atom is 0.335 e. The second-order valence-electron chi connectivity index (χ2n) is 5.21. The Labute approximate surface area is 117 Å². The minimum Gasteiger partial charge on any atom is -0.478 e. The number of aliphatic hydroxyl groups is 1. The van der Waals surface area contributed by atoms with Crippen molar-refractivity contribution in [3.05, 3.63) is 35.4 Å². The van der Waals surface area contributed by atoms with Gasteiger partial charge in [0.25, 0.3) is 0 Å². The molecule has 0 heterocycles. The smallest absolute Gasteiger partial charge is 0.335 e. The number of nitrogens with one attached hydrogen (secondary N) is 1. The average molecular weight is 277 g/mol. The fraction of sp³-hybridized carbons (Fsp3) is 0.467. The van der Waals surface area contributed by atoms with Crippen molar-refractivity contribution in [3.8, 4) is 0 Å². The van der Waals surface area contributed by atoms with Crippen LogP contribution in [0.3, 0.4) is 0 Å². The largest absolute Gasteiger partial charge is 0.478 e. The summed E-state index contributed by atoms with van der Waals surface area (Å²) in [5.74, 6) is -1.19. The summed E-state index contributed by atoms with van der Waals surface area (Å²) >= 11 is 0. The Morgan fingerprint density at radius 3 is 2.45 bits per heavy atom. The summed E-state index contributed by atoms with van der Waals surface area (Å²) in [7, 11) is 0. The molecule has 5 heteroatoms. The zero-order valence-electron chi connectivity index (χ0n) is 11.2. The zero-order valence-corrected chi connectivity index (χ0v) is 11.2. The van der Waals surface area contributed by atoms with Crippen LogP contribution in [-0.2, 0) is 11.2 Å². The Morgan fingerprint density at radius 2 is 1.80 bits per heavy atom. The number of carbonyl (C=O) groups excluding carboxylic acids is 1. The molecule has 0 aliphatic heterocycles. The second-order valence-corrected chi connectivity index (χ2v) is 5.21. The molecule has 1 saturated carbocycles. The molecular weight excluding hydrogens is 258 g/mol. The van der Waals surface area contributed by atoms with Crippen molar-refractivity contribution in [2.24, 2.45) is 0 Å². The first-order chi connectivity index (χ1) is 9.56. The molecule has 3 N–H and O–H groups in total.